The summed E-state index contributed by atoms with van der Waals surface area (Å²) in [5.74, 6) is 1.25. The van der Waals surface area contributed by atoms with E-state index in [0.29, 0.717) is 12.5 Å². The first-order valence-electron chi connectivity index (χ1n) is 7.78. The molecule has 0 bridgehead atoms. The number of hydrogen-bond donors (Lipinski definition) is 0. The maximum atomic E-state index is 5.86. The van der Waals surface area contributed by atoms with Crippen LogP contribution in [0.5, 0.6) is 5.75 Å². The van der Waals surface area contributed by atoms with Gasteiger partial charge in [-0.25, -0.2) is 0 Å². The second-order valence-electron chi connectivity index (χ2n) is 5.91. The lowest BCUT2D eigenvalue weighted by molar-refractivity contribution is -0.184. The highest BCUT2D eigenvalue weighted by Crippen LogP contribution is 2.38. The first-order chi connectivity index (χ1) is 10.3. The van der Waals surface area contributed by atoms with Crippen LogP contribution in [0.4, 0.5) is 0 Å². The van der Waals surface area contributed by atoms with E-state index in [2.05, 4.69) is 12.1 Å². The maximum Gasteiger partial charge on any atom is 0.168 e. The molecule has 0 atom stereocenters. The second kappa shape index (κ2) is 6.77. The van der Waals surface area contributed by atoms with Crippen LogP contribution in [-0.4, -0.2) is 32.7 Å². The summed E-state index contributed by atoms with van der Waals surface area (Å²) in [5.41, 5.74) is 1.19. The Morgan fingerprint density at radius 3 is 2.38 bits per heavy atom. The van der Waals surface area contributed by atoms with Gasteiger partial charge >= 0.3 is 0 Å². The van der Waals surface area contributed by atoms with E-state index in [4.69, 9.17) is 18.9 Å². The summed E-state index contributed by atoms with van der Waals surface area (Å²) in [5, 5.41) is 0. The van der Waals surface area contributed by atoms with Crippen molar-refractivity contribution in [3.05, 3.63) is 29.8 Å². The van der Waals surface area contributed by atoms with Gasteiger partial charge in [-0.3, -0.25) is 0 Å². The molecule has 1 aromatic rings. The molecule has 4 nitrogen and oxygen atoms in total. The van der Waals surface area contributed by atoms with Gasteiger partial charge in [0, 0.05) is 19.4 Å². The summed E-state index contributed by atoms with van der Waals surface area (Å²) in [6.45, 7) is 2.98. The van der Waals surface area contributed by atoms with E-state index in [1.165, 1.54) is 5.56 Å². The first-order valence-corrected chi connectivity index (χ1v) is 7.78. The van der Waals surface area contributed by atoms with Gasteiger partial charge in [-0.15, -0.1) is 0 Å². The smallest absolute Gasteiger partial charge is 0.168 e. The van der Waals surface area contributed by atoms with Crippen LogP contribution in [0.1, 0.15) is 31.2 Å². The number of rotatable bonds is 5. The zero-order chi connectivity index (χ0) is 14.5. The molecule has 1 spiro atoms. The van der Waals surface area contributed by atoms with Gasteiger partial charge < -0.3 is 18.9 Å². The highest BCUT2D eigenvalue weighted by atomic mass is 16.7. The van der Waals surface area contributed by atoms with Gasteiger partial charge in [0.05, 0.1) is 26.9 Å². The van der Waals surface area contributed by atoms with Crippen LogP contribution in [0.25, 0.3) is 0 Å². The Balaban J connectivity index is 1.38. The summed E-state index contributed by atoms with van der Waals surface area (Å²) in [6, 6.07) is 8.04. The molecule has 0 aromatic heterocycles. The first kappa shape index (κ1) is 14.8. The standard InChI is InChI=1S/C17H24O4/c1-18-16-4-2-14(3-5-16)12-19-13-15-6-8-17(9-7-15)20-10-11-21-17/h2-5,15H,6-13H2,1H3. The molecule has 0 N–H and O–H groups in total. The summed E-state index contributed by atoms with van der Waals surface area (Å²) >= 11 is 0. The lowest BCUT2D eigenvalue weighted by Crippen LogP contribution is -2.36. The van der Waals surface area contributed by atoms with E-state index in [1.54, 1.807) is 7.11 Å². The Morgan fingerprint density at radius 2 is 1.76 bits per heavy atom. The zero-order valence-electron chi connectivity index (χ0n) is 12.7. The molecule has 1 saturated carbocycles. The molecular weight excluding hydrogens is 268 g/mol. The predicted molar refractivity (Wildman–Crippen MR) is 79.2 cm³/mol. The van der Waals surface area contributed by atoms with Gasteiger partial charge in [0.1, 0.15) is 5.75 Å². The van der Waals surface area contributed by atoms with E-state index in [-0.39, 0.29) is 5.79 Å². The molecule has 0 unspecified atom stereocenters. The molecular formula is C17H24O4. The minimum absolute atomic E-state index is 0.257. The van der Waals surface area contributed by atoms with E-state index < -0.39 is 0 Å². The lowest BCUT2D eigenvalue weighted by Gasteiger charge is -2.35. The van der Waals surface area contributed by atoms with Crippen LogP contribution in [0.3, 0.4) is 0 Å². The fourth-order valence-corrected chi connectivity index (χ4v) is 3.13. The van der Waals surface area contributed by atoms with Crippen molar-refractivity contribution in [2.45, 2.75) is 38.1 Å². The zero-order valence-corrected chi connectivity index (χ0v) is 12.7. The van der Waals surface area contributed by atoms with Crippen LogP contribution < -0.4 is 4.74 Å². The van der Waals surface area contributed by atoms with Crippen molar-refractivity contribution in [1.82, 2.24) is 0 Å². The minimum atomic E-state index is -0.257. The van der Waals surface area contributed by atoms with Gasteiger partial charge in [-0.2, -0.15) is 0 Å². The molecule has 1 heterocycles. The monoisotopic (exact) mass is 292 g/mol. The van der Waals surface area contributed by atoms with E-state index in [0.717, 1.165) is 51.3 Å². The molecule has 1 aliphatic heterocycles. The van der Waals surface area contributed by atoms with Crippen LogP contribution in [0, 0.1) is 5.92 Å². The average Bonchev–Trinajstić information content (AvgIpc) is 2.98. The third-order valence-electron chi connectivity index (χ3n) is 4.46. The third-order valence-corrected chi connectivity index (χ3v) is 4.46. The Bertz CT molecular complexity index is 427. The topological polar surface area (TPSA) is 36.9 Å². The van der Waals surface area contributed by atoms with Gasteiger partial charge in [-0.1, -0.05) is 12.1 Å². The number of ether oxygens (including phenoxy) is 4. The Labute approximate surface area is 126 Å². The predicted octanol–water partition coefficient (Wildman–Crippen LogP) is 3.15. The molecule has 21 heavy (non-hydrogen) atoms. The molecule has 1 aromatic carbocycles. The molecule has 0 radical (unpaired) electrons. The van der Waals surface area contributed by atoms with E-state index in [1.807, 2.05) is 12.1 Å². The van der Waals surface area contributed by atoms with Crippen molar-refractivity contribution >= 4 is 0 Å². The van der Waals surface area contributed by atoms with Crippen molar-refractivity contribution in [3.8, 4) is 5.75 Å². The molecule has 2 aliphatic rings. The van der Waals surface area contributed by atoms with Crippen molar-refractivity contribution in [3.63, 3.8) is 0 Å². The van der Waals surface area contributed by atoms with Crippen molar-refractivity contribution in [2.75, 3.05) is 26.9 Å². The largest absolute Gasteiger partial charge is 0.497 e. The van der Waals surface area contributed by atoms with Crippen molar-refractivity contribution in [2.24, 2.45) is 5.92 Å². The lowest BCUT2D eigenvalue weighted by atomic mass is 9.85. The molecule has 1 saturated heterocycles. The second-order valence-corrected chi connectivity index (χ2v) is 5.91. The highest BCUT2D eigenvalue weighted by Gasteiger charge is 2.40. The summed E-state index contributed by atoms with van der Waals surface area (Å²) in [6.07, 6.45) is 4.26. The van der Waals surface area contributed by atoms with Crippen LogP contribution >= 0.6 is 0 Å². The van der Waals surface area contributed by atoms with E-state index >= 15 is 0 Å². The van der Waals surface area contributed by atoms with Gasteiger partial charge in [-0.05, 0) is 36.5 Å². The van der Waals surface area contributed by atoms with Gasteiger partial charge in [0.2, 0.25) is 0 Å². The Morgan fingerprint density at radius 1 is 1.10 bits per heavy atom. The van der Waals surface area contributed by atoms with Crippen molar-refractivity contribution < 1.29 is 18.9 Å². The molecule has 4 heteroatoms. The summed E-state index contributed by atoms with van der Waals surface area (Å²) in [7, 11) is 1.68. The molecule has 0 amide bonds. The normalized spacial score (nSPS) is 21.8. The molecule has 2 fully saturated rings. The fourth-order valence-electron chi connectivity index (χ4n) is 3.13. The molecule has 1 aliphatic carbocycles. The molecule has 116 valence electrons. The van der Waals surface area contributed by atoms with Crippen LogP contribution in [-0.2, 0) is 20.8 Å². The third kappa shape index (κ3) is 3.76. The van der Waals surface area contributed by atoms with Crippen molar-refractivity contribution in [1.29, 1.82) is 0 Å². The molecule has 3 rings (SSSR count). The quantitative estimate of drug-likeness (QED) is 0.835. The Hall–Kier alpha value is -1.10. The minimum Gasteiger partial charge on any atom is -0.497 e. The fraction of sp³-hybridized carbons (Fsp3) is 0.647. The van der Waals surface area contributed by atoms with Gasteiger partial charge in [0.25, 0.3) is 0 Å². The highest BCUT2D eigenvalue weighted by molar-refractivity contribution is 5.26. The van der Waals surface area contributed by atoms with Crippen LogP contribution in [0.15, 0.2) is 24.3 Å². The summed E-state index contributed by atoms with van der Waals surface area (Å²) < 4.78 is 22.5. The van der Waals surface area contributed by atoms with Crippen LogP contribution in [0.2, 0.25) is 0 Å². The maximum absolute atomic E-state index is 5.86. The summed E-state index contributed by atoms with van der Waals surface area (Å²) in [4.78, 5) is 0. The number of hydrogen-bond acceptors (Lipinski definition) is 4. The van der Waals surface area contributed by atoms with E-state index in [9.17, 15) is 0 Å². The average molecular weight is 292 g/mol. The number of methoxy groups -OCH3 is 1. The SMILES string of the molecule is COc1ccc(COCC2CCC3(CC2)OCCO3)cc1. The van der Waals surface area contributed by atoms with Gasteiger partial charge in [0.15, 0.2) is 5.79 Å². The Kier molecular flexibility index (Phi) is 4.78. The number of benzene rings is 1.